The number of rotatable bonds is 8. The number of nitrogens with zero attached hydrogens (tertiary/aromatic N) is 3. The van der Waals surface area contributed by atoms with E-state index in [2.05, 4.69) is 5.10 Å². The second kappa shape index (κ2) is 9.05. The van der Waals surface area contributed by atoms with Gasteiger partial charge in [0.2, 0.25) is 5.91 Å². The van der Waals surface area contributed by atoms with Gasteiger partial charge in [-0.3, -0.25) is 9.48 Å². The Labute approximate surface area is 181 Å². The number of carbonyl (C=O) groups excluding carboxylic acids is 3. The van der Waals surface area contributed by atoms with Gasteiger partial charge in [0.15, 0.2) is 0 Å². The maximum absolute atomic E-state index is 13.1. The fourth-order valence-electron chi connectivity index (χ4n) is 4.16. The summed E-state index contributed by atoms with van der Waals surface area (Å²) in [5.41, 5.74) is 2.50. The molecule has 3 rings (SSSR count). The maximum Gasteiger partial charge on any atom is 0.355 e. The summed E-state index contributed by atoms with van der Waals surface area (Å²) in [4.78, 5) is 39.1. The molecule has 1 saturated heterocycles. The highest BCUT2D eigenvalue weighted by Crippen LogP contribution is 2.47. The topological polar surface area (TPSA) is 111 Å². The molecular formula is C22H29N3O6. The van der Waals surface area contributed by atoms with Crippen LogP contribution in [0.2, 0.25) is 0 Å². The summed E-state index contributed by atoms with van der Waals surface area (Å²) in [5, 5.41) is 14.6. The first kappa shape index (κ1) is 22.7. The summed E-state index contributed by atoms with van der Waals surface area (Å²) in [6, 6.07) is 1.55. The standard InChI is InChI=1S/C22H29N3O6/c1-6-14(21(28)30-8-3)11-31-22(29)19-15(16-9-12(4)24(7-2)23-16)10-17-18(13(5)26)20(27)25(17)19/h6,9,13,17-18,26H,7-8,10-11H2,1-5H3/b14-6-/t13-,17-,18-/m1/s1. The van der Waals surface area contributed by atoms with Crippen molar-refractivity contribution in [3.8, 4) is 0 Å². The fourth-order valence-corrected chi connectivity index (χ4v) is 4.16. The normalized spacial score (nSPS) is 21.7. The molecule has 0 bridgehead atoms. The molecule has 1 amide bonds. The van der Waals surface area contributed by atoms with Crippen LogP contribution >= 0.6 is 0 Å². The lowest BCUT2D eigenvalue weighted by molar-refractivity contribution is -0.162. The van der Waals surface area contributed by atoms with Crippen molar-refractivity contribution in [3.05, 3.63) is 34.8 Å². The third kappa shape index (κ3) is 4.01. The van der Waals surface area contributed by atoms with Gasteiger partial charge in [-0.15, -0.1) is 0 Å². The number of hydrogen-bond acceptors (Lipinski definition) is 7. The minimum Gasteiger partial charge on any atom is -0.463 e. The van der Waals surface area contributed by atoms with Crippen molar-refractivity contribution in [2.45, 2.75) is 59.7 Å². The quantitative estimate of drug-likeness (QED) is 0.378. The first-order valence-electron chi connectivity index (χ1n) is 10.5. The van der Waals surface area contributed by atoms with Gasteiger partial charge in [-0.25, -0.2) is 9.59 Å². The second-order valence-electron chi connectivity index (χ2n) is 7.67. The summed E-state index contributed by atoms with van der Waals surface area (Å²) in [7, 11) is 0. The molecule has 3 heterocycles. The van der Waals surface area contributed by atoms with Crippen molar-refractivity contribution < 1.29 is 29.0 Å². The fraction of sp³-hybridized carbons (Fsp3) is 0.545. The number of aliphatic hydroxyl groups excluding tert-OH is 1. The largest absolute Gasteiger partial charge is 0.463 e. The number of β-lactam (4-membered cyclic amide) rings is 1. The average Bonchev–Trinajstić information content (AvgIpc) is 3.25. The van der Waals surface area contributed by atoms with Gasteiger partial charge in [-0.1, -0.05) is 6.08 Å². The zero-order valence-electron chi connectivity index (χ0n) is 18.5. The highest BCUT2D eigenvalue weighted by Gasteiger charge is 2.57. The molecule has 0 spiro atoms. The zero-order valence-corrected chi connectivity index (χ0v) is 18.5. The predicted molar refractivity (Wildman–Crippen MR) is 111 cm³/mol. The SMILES string of the molecule is C/C=C(/COC(=O)C1=C(c2cc(C)n(CC)n2)C[C@@H]2[C@@H]([C@@H](C)O)C(=O)N12)C(=O)OCC. The highest BCUT2D eigenvalue weighted by atomic mass is 16.5. The highest BCUT2D eigenvalue weighted by molar-refractivity contribution is 6.06. The van der Waals surface area contributed by atoms with Crippen LogP contribution in [-0.4, -0.2) is 63.0 Å². The van der Waals surface area contributed by atoms with Crippen LogP contribution in [0.25, 0.3) is 5.57 Å². The van der Waals surface area contributed by atoms with Gasteiger partial charge in [0.05, 0.1) is 35.9 Å². The summed E-state index contributed by atoms with van der Waals surface area (Å²) < 4.78 is 12.2. The van der Waals surface area contributed by atoms with Crippen LogP contribution in [0.5, 0.6) is 0 Å². The summed E-state index contributed by atoms with van der Waals surface area (Å²) >= 11 is 0. The minimum atomic E-state index is -0.821. The number of ether oxygens (including phenoxy) is 2. The summed E-state index contributed by atoms with van der Waals surface area (Å²) in [6.07, 6.45) is 1.11. The molecule has 9 heteroatoms. The molecule has 31 heavy (non-hydrogen) atoms. The van der Waals surface area contributed by atoms with Crippen molar-refractivity contribution >= 4 is 23.4 Å². The molecule has 168 valence electrons. The van der Waals surface area contributed by atoms with Gasteiger partial charge in [-0.05, 0) is 47.1 Å². The van der Waals surface area contributed by atoms with Crippen LogP contribution in [0.3, 0.4) is 0 Å². The number of hydrogen-bond donors (Lipinski definition) is 1. The number of esters is 2. The van der Waals surface area contributed by atoms with Gasteiger partial charge >= 0.3 is 11.9 Å². The van der Waals surface area contributed by atoms with E-state index in [0.29, 0.717) is 24.2 Å². The molecule has 3 atom stereocenters. The summed E-state index contributed by atoms with van der Waals surface area (Å²) in [5.74, 6) is -2.14. The molecule has 1 fully saturated rings. The Morgan fingerprint density at radius 1 is 1.35 bits per heavy atom. The lowest BCUT2D eigenvalue weighted by Crippen LogP contribution is -2.61. The van der Waals surface area contributed by atoms with E-state index in [-0.39, 0.29) is 36.4 Å². The van der Waals surface area contributed by atoms with Crippen molar-refractivity contribution in [1.82, 2.24) is 14.7 Å². The van der Waals surface area contributed by atoms with Gasteiger partial charge < -0.3 is 19.5 Å². The number of carbonyl (C=O) groups is 3. The van der Waals surface area contributed by atoms with Gasteiger partial charge in [0, 0.05) is 17.8 Å². The summed E-state index contributed by atoms with van der Waals surface area (Å²) in [6.45, 7) is 9.43. The van der Waals surface area contributed by atoms with Crippen molar-refractivity contribution in [3.63, 3.8) is 0 Å². The molecule has 0 aliphatic carbocycles. The van der Waals surface area contributed by atoms with Crippen molar-refractivity contribution in [2.24, 2.45) is 5.92 Å². The third-order valence-corrected chi connectivity index (χ3v) is 5.76. The Kier molecular flexibility index (Phi) is 6.64. The molecule has 2 aliphatic rings. The Balaban J connectivity index is 1.91. The van der Waals surface area contributed by atoms with E-state index in [0.717, 1.165) is 5.69 Å². The van der Waals surface area contributed by atoms with Crippen molar-refractivity contribution in [1.29, 1.82) is 0 Å². The van der Waals surface area contributed by atoms with Crippen LogP contribution in [0.4, 0.5) is 0 Å². The predicted octanol–water partition coefficient (Wildman–Crippen LogP) is 1.59. The Morgan fingerprint density at radius 2 is 2.06 bits per heavy atom. The molecule has 0 aromatic carbocycles. The maximum atomic E-state index is 13.1. The minimum absolute atomic E-state index is 0.131. The number of aryl methyl sites for hydroxylation is 2. The van der Waals surface area contributed by atoms with Gasteiger partial charge in [-0.2, -0.15) is 5.10 Å². The second-order valence-corrected chi connectivity index (χ2v) is 7.67. The van der Waals surface area contributed by atoms with Crippen LogP contribution in [0.1, 0.15) is 45.5 Å². The number of amides is 1. The number of fused-ring (bicyclic) bond motifs is 1. The molecule has 0 radical (unpaired) electrons. The molecule has 1 aromatic rings. The van der Waals surface area contributed by atoms with E-state index in [1.807, 2.05) is 24.6 Å². The Hall–Kier alpha value is -2.94. The first-order chi connectivity index (χ1) is 14.7. The van der Waals surface area contributed by atoms with Crippen LogP contribution in [-0.2, 0) is 30.4 Å². The van der Waals surface area contributed by atoms with Crippen LogP contribution in [0.15, 0.2) is 23.4 Å². The molecule has 0 unspecified atom stereocenters. The molecular weight excluding hydrogens is 402 g/mol. The molecule has 1 N–H and O–H groups in total. The van der Waals surface area contributed by atoms with Gasteiger partial charge in [0.1, 0.15) is 12.3 Å². The van der Waals surface area contributed by atoms with Crippen LogP contribution in [0, 0.1) is 12.8 Å². The van der Waals surface area contributed by atoms with E-state index in [9.17, 15) is 19.5 Å². The number of aliphatic hydroxyl groups is 1. The molecule has 9 nitrogen and oxygen atoms in total. The van der Waals surface area contributed by atoms with E-state index < -0.39 is 24.0 Å². The van der Waals surface area contributed by atoms with Crippen LogP contribution < -0.4 is 0 Å². The third-order valence-electron chi connectivity index (χ3n) is 5.76. The molecule has 2 aliphatic heterocycles. The smallest absolute Gasteiger partial charge is 0.355 e. The van der Waals surface area contributed by atoms with Crippen molar-refractivity contribution in [2.75, 3.05) is 13.2 Å². The Bertz CT molecular complexity index is 958. The van der Waals surface area contributed by atoms with E-state index >= 15 is 0 Å². The first-order valence-corrected chi connectivity index (χ1v) is 10.5. The van der Waals surface area contributed by atoms with Gasteiger partial charge in [0.25, 0.3) is 0 Å². The lowest BCUT2D eigenvalue weighted by atomic mass is 9.83. The lowest BCUT2D eigenvalue weighted by Gasteiger charge is -2.44. The monoisotopic (exact) mass is 431 g/mol. The zero-order chi connectivity index (χ0) is 22.9. The van der Waals surface area contributed by atoms with E-state index in [4.69, 9.17) is 9.47 Å². The Morgan fingerprint density at radius 3 is 2.61 bits per heavy atom. The van der Waals surface area contributed by atoms with E-state index in [1.165, 1.54) is 11.0 Å². The average molecular weight is 431 g/mol. The van der Waals surface area contributed by atoms with E-state index in [1.54, 1.807) is 20.8 Å². The molecule has 1 aromatic heterocycles. The molecule has 0 saturated carbocycles. The number of aromatic nitrogens is 2. The number of allylic oxidation sites excluding steroid dienone is 1.